The minimum atomic E-state index is -0.819. The van der Waals surface area contributed by atoms with E-state index in [-0.39, 0.29) is 17.3 Å². The summed E-state index contributed by atoms with van der Waals surface area (Å²) < 4.78 is 0. The van der Waals surface area contributed by atoms with Crippen LogP contribution in [-0.2, 0) is 4.79 Å². The highest BCUT2D eigenvalue weighted by Crippen LogP contribution is 2.45. The van der Waals surface area contributed by atoms with Gasteiger partial charge in [-0.15, -0.1) is 11.6 Å². The van der Waals surface area contributed by atoms with Gasteiger partial charge in [-0.05, 0) is 36.4 Å². The third-order valence-electron chi connectivity index (χ3n) is 4.71. The fraction of sp³-hybridized carbons (Fsp3) is 0.0952. The fourth-order valence-corrected chi connectivity index (χ4v) is 3.61. The molecule has 0 bridgehead atoms. The third kappa shape index (κ3) is 3.60. The van der Waals surface area contributed by atoms with Crippen molar-refractivity contribution in [3.8, 4) is 5.75 Å². The lowest BCUT2D eigenvalue weighted by atomic mass is 9.91. The molecule has 0 radical (unpaired) electrons. The molecule has 4 rings (SSSR count). The largest absolute Gasteiger partial charge is 0.508 e. The van der Waals surface area contributed by atoms with Crippen LogP contribution < -0.4 is 4.90 Å². The fourth-order valence-electron chi connectivity index (χ4n) is 3.25. The number of azo groups is 1. The number of benzene rings is 3. The molecule has 9 heteroatoms. The van der Waals surface area contributed by atoms with Crippen LogP contribution in [0.25, 0.3) is 0 Å². The number of anilines is 1. The van der Waals surface area contributed by atoms with Crippen molar-refractivity contribution in [1.82, 2.24) is 0 Å². The molecule has 2 atom stereocenters. The number of nitrogens with zero attached hydrogens (tertiary/aromatic N) is 4. The first-order valence-electron chi connectivity index (χ1n) is 8.97. The van der Waals surface area contributed by atoms with Gasteiger partial charge < -0.3 is 10.0 Å². The van der Waals surface area contributed by atoms with E-state index < -0.39 is 16.3 Å². The molecule has 0 saturated carbocycles. The monoisotopic (exact) mass is 422 g/mol. The number of nitro groups is 1. The second-order valence-electron chi connectivity index (χ2n) is 6.61. The summed E-state index contributed by atoms with van der Waals surface area (Å²) in [7, 11) is 0. The smallest absolute Gasteiger partial charge is 0.271 e. The number of nitro benzene ring substituents is 1. The van der Waals surface area contributed by atoms with E-state index in [9.17, 15) is 20.0 Å². The molecule has 150 valence electrons. The highest BCUT2D eigenvalue weighted by atomic mass is 35.5. The van der Waals surface area contributed by atoms with Crippen molar-refractivity contribution in [3.63, 3.8) is 0 Å². The Labute approximate surface area is 176 Å². The Morgan fingerprint density at radius 1 is 0.967 bits per heavy atom. The number of β-lactam (4-membered cyclic amide) rings is 1. The normalized spacial score (nSPS) is 18.4. The SMILES string of the molecule is O=C1[C@@H](Cl)[C@@H](c2cc(N=Nc3cccc([N+](=O)[O-])c3)ccc2O)N1c1ccccc1. The average Bonchev–Trinajstić information content (AvgIpc) is 2.77. The zero-order valence-corrected chi connectivity index (χ0v) is 16.2. The van der Waals surface area contributed by atoms with Crippen molar-refractivity contribution < 1.29 is 14.8 Å². The number of carbonyl (C=O) groups excluding carboxylic acids is 1. The van der Waals surface area contributed by atoms with Gasteiger partial charge in [-0.1, -0.05) is 24.3 Å². The van der Waals surface area contributed by atoms with Crippen molar-refractivity contribution >= 4 is 40.3 Å². The molecular formula is C21H15ClN4O4. The van der Waals surface area contributed by atoms with E-state index in [1.54, 1.807) is 30.3 Å². The molecule has 1 N–H and O–H groups in total. The van der Waals surface area contributed by atoms with Crippen LogP contribution in [0.3, 0.4) is 0 Å². The van der Waals surface area contributed by atoms with Gasteiger partial charge in [0.25, 0.3) is 5.69 Å². The summed E-state index contributed by atoms with van der Waals surface area (Å²) in [5.41, 5.74) is 1.75. The molecule has 1 saturated heterocycles. The van der Waals surface area contributed by atoms with Gasteiger partial charge in [-0.25, -0.2) is 0 Å². The summed E-state index contributed by atoms with van der Waals surface area (Å²) in [6, 6.07) is 18.9. The summed E-state index contributed by atoms with van der Waals surface area (Å²) in [4.78, 5) is 24.3. The molecule has 30 heavy (non-hydrogen) atoms. The molecule has 0 aromatic heterocycles. The number of hydrogen-bond donors (Lipinski definition) is 1. The molecule has 1 aliphatic rings. The van der Waals surface area contributed by atoms with Gasteiger partial charge in [-0.3, -0.25) is 14.9 Å². The number of phenols is 1. The second kappa shape index (κ2) is 7.92. The number of rotatable bonds is 5. The molecule has 8 nitrogen and oxygen atoms in total. The molecule has 0 aliphatic carbocycles. The number of carbonyl (C=O) groups is 1. The average molecular weight is 423 g/mol. The number of hydrogen-bond acceptors (Lipinski definition) is 6. The molecule has 1 aliphatic heterocycles. The van der Waals surface area contributed by atoms with Crippen molar-refractivity contribution in [3.05, 3.63) is 88.5 Å². The molecule has 1 amide bonds. The van der Waals surface area contributed by atoms with Crippen molar-refractivity contribution in [1.29, 1.82) is 0 Å². The molecule has 3 aromatic rings. The lowest BCUT2D eigenvalue weighted by molar-refractivity contribution is -0.384. The predicted octanol–water partition coefficient (Wildman–Crippen LogP) is 5.41. The Kier molecular flexibility index (Phi) is 5.16. The van der Waals surface area contributed by atoms with Crippen molar-refractivity contribution in [2.75, 3.05) is 4.90 Å². The Balaban J connectivity index is 1.64. The van der Waals surface area contributed by atoms with Gasteiger partial charge in [0.2, 0.25) is 5.91 Å². The van der Waals surface area contributed by atoms with Crippen molar-refractivity contribution in [2.24, 2.45) is 10.2 Å². The van der Waals surface area contributed by atoms with Crippen LogP contribution in [-0.4, -0.2) is 21.3 Å². The predicted molar refractivity (Wildman–Crippen MR) is 112 cm³/mol. The minimum Gasteiger partial charge on any atom is -0.508 e. The summed E-state index contributed by atoms with van der Waals surface area (Å²) in [6.07, 6.45) is 0. The highest BCUT2D eigenvalue weighted by molar-refractivity contribution is 6.37. The quantitative estimate of drug-likeness (QED) is 0.195. The topological polar surface area (TPSA) is 108 Å². The van der Waals surface area contributed by atoms with Crippen LogP contribution >= 0.6 is 11.6 Å². The lowest BCUT2D eigenvalue weighted by Crippen LogP contribution is -2.56. The van der Waals surface area contributed by atoms with Crippen LogP contribution in [0.15, 0.2) is 83.0 Å². The van der Waals surface area contributed by atoms with E-state index in [1.165, 1.54) is 29.2 Å². The number of amides is 1. The maximum absolute atomic E-state index is 12.4. The van der Waals surface area contributed by atoms with E-state index >= 15 is 0 Å². The molecule has 3 aromatic carbocycles. The van der Waals surface area contributed by atoms with E-state index in [0.717, 1.165) is 0 Å². The lowest BCUT2D eigenvalue weighted by Gasteiger charge is -2.44. The summed E-state index contributed by atoms with van der Waals surface area (Å²) in [5, 5.41) is 28.6. The third-order valence-corrected chi connectivity index (χ3v) is 5.14. The van der Waals surface area contributed by atoms with Crippen LogP contribution in [0.4, 0.5) is 22.7 Å². The first-order chi connectivity index (χ1) is 14.5. The Hall–Kier alpha value is -3.78. The Morgan fingerprint density at radius 3 is 2.37 bits per heavy atom. The van der Waals surface area contributed by atoms with Gasteiger partial charge in [0.1, 0.15) is 11.1 Å². The van der Waals surface area contributed by atoms with E-state index in [0.29, 0.717) is 22.6 Å². The standard InChI is InChI=1S/C21H15ClN4O4/c22-19-20(25(21(19)28)15-6-2-1-3-7-15)17-12-14(9-10-18(17)27)24-23-13-5-4-8-16(11-13)26(29)30/h1-12,19-20,27H/t19-,20+/m0/s1. The van der Waals surface area contributed by atoms with Crippen molar-refractivity contribution in [2.45, 2.75) is 11.4 Å². The van der Waals surface area contributed by atoms with Gasteiger partial charge in [0, 0.05) is 23.4 Å². The molecule has 0 unspecified atom stereocenters. The molecular weight excluding hydrogens is 408 g/mol. The van der Waals surface area contributed by atoms with Gasteiger partial charge >= 0.3 is 0 Å². The number of halogens is 1. The first-order valence-corrected chi connectivity index (χ1v) is 9.40. The maximum Gasteiger partial charge on any atom is 0.271 e. The minimum absolute atomic E-state index is 0.0200. The summed E-state index contributed by atoms with van der Waals surface area (Å²) in [5.74, 6) is -0.274. The molecule has 1 fully saturated rings. The van der Waals surface area contributed by atoms with Crippen LogP contribution in [0.1, 0.15) is 11.6 Å². The zero-order chi connectivity index (χ0) is 21.3. The van der Waals surface area contributed by atoms with Gasteiger partial charge in [0.05, 0.1) is 22.3 Å². The van der Waals surface area contributed by atoms with Gasteiger partial charge in [-0.2, -0.15) is 10.2 Å². The van der Waals surface area contributed by atoms with E-state index in [1.807, 2.05) is 18.2 Å². The highest BCUT2D eigenvalue weighted by Gasteiger charge is 2.48. The zero-order valence-electron chi connectivity index (χ0n) is 15.4. The van der Waals surface area contributed by atoms with E-state index in [2.05, 4.69) is 10.2 Å². The number of non-ortho nitro benzene ring substituents is 1. The molecule has 0 spiro atoms. The number of alkyl halides is 1. The summed E-state index contributed by atoms with van der Waals surface area (Å²) >= 11 is 6.27. The molecule has 1 heterocycles. The van der Waals surface area contributed by atoms with Crippen LogP contribution in [0.2, 0.25) is 0 Å². The van der Waals surface area contributed by atoms with E-state index in [4.69, 9.17) is 11.6 Å². The number of aromatic hydroxyl groups is 1. The van der Waals surface area contributed by atoms with Gasteiger partial charge in [0.15, 0.2) is 0 Å². The Bertz CT molecular complexity index is 1150. The maximum atomic E-state index is 12.4. The van der Waals surface area contributed by atoms with Crippen LogP contribution in [0, 0.1) is 10.1 Å². The number of phenolic OH excluding ortho intramolecular Hbond substituents is 1. The first kappa shape index (κ1) is 19.5. The summed E-state index contributed by atoms with van der Waals surface area (Å²) in [6.45, 7) is 0. The second-order valence-corrected chi connectivity index (χ2v) is 7.08. The Morgan fingerprint density at radius 2 is 1.67 bits per heavy atom. The van der Waals surface area contributed by atoms with Crippen LogP contribution in [0.5, 0.6) is 5.75 Å². The number of para-hydroxylation sites is 1.